The van der Waals surface area contributed by atoms with Gasteiger partial charge >= 0.3 is 0 Å². The Labute approximate surface area is 132 Å². The number of aliphatic hydroxyl groups is 1. The molecule has 2 rings (SSSR count). The molecule has 1 unspecified atom stereocenters. The molecule has 0 heterocycles. The van der Waals surface area contributed by atoms with Crippen LogP contribution in [0.2, 0.25) is 0 Å². The van der Waals surface area contributed by atoms with Crippen molar-refractivity contribution in [2.45, 2.75) is 32.5 Å². The van der Waals surface area contributed by atoms with E-state index >= 15 is 0 Å². The Morgan fingerprint density at radius 3 is 2.57 bits per heavy atom. The summed E-state index contributed by atoms with van der Waals surface area (Å²) >= 11 is 3.22. The van der Waals surface area contributed by atoms with E-state index in [9.17, 15) is 9.50 Å². The van der Waals surface area contributed by atoms with Gasteiger partial charge in [0.25, 0.3) is 0 Å². The van der Waals surface area contributed by atoms with Crippen molar-refractivity contribution in [3.05, 3.63) is 63.9 Å². The molecule has 0 saturated carbocycles. The van der Waals surface area contributed by atoms with Crippen LogP contribution >= 0.6 is 15.9 Å². The van der Waals surface area contributed by atoms with Gasteiger partial charge in [0.2, 0.25) is 0 Å². The minimum absolute atomic E-state index is 0.286. The lowest BCUT2D eigenvalue weighted by Crippen LogP contribution is -2.01. The molecule has 0 saturated heterocycles. The molecule has 2 aromatic rings. The molecular formula is C17H18BrFO2. The molecule has 0 aliphatic carbocycles. The topological polar surface area (TPSA) is 29.5 Å². The third-order valence-electron chi connectivity index (χ3n) is 3.20. The summed E-state index contributed by atoms with van der Waals surface area (Å²) in [6.07, 6.45) is 1.30. The van der Waals surface area contributed by atoms with Gasteiger partial charge in [0.1, 0.15) is 18.2 Å². The Bertz CT molecular complexity index is 582. The van der Waals surface area contributed by atoms with E-state index in [1.54, 1.807) is 13.0 Å². The van der Waals surface area contributed by atoms with Crippen LogP contribution in [0.5, 0.6) is 5.75 Å². The van der Waals surface area contributed by atoms with Gasteiger partial charge in [0.05, 0.1) is 10.6 Å². The van der Waals surface area contributed by atoms with Crippen molar-refractivity contribution < 1.29 is 14.2 Å². The number of rotatable bonds is 6. The van der Waals surface area contributed by atoms with E-state index in [0.29, 0.717) is 11.1 Å². The molecule has 112 valence electrons. The molecule has 0 spiro atoms. The van der Waals surface area contributed by atoms with Crippen molar-refractivity contribution in [1.29, 1.82) is 0 Å². The van der Waals surface area contributed by atoms with Crippen LogP contribution in [0.15, 0.2) is 46.9 Å². The van der Waals surface area contributed by atoms with Crippen molar-refractivity contribution in [3.8, 4) is 5.75 Å². The summed E-state index contributed by atoms with van der Waals surface area (Å²) in [6, 6.07) is 12.7. The van der Waals surface area contributed by atoms with E-state index < -0.39 is 0 Å². The summed E-state index contributed by atoms with van der Waals surface area (Å²) in [5.41, 5.74) is 1.93. The highest BCUT2D eigenvalue weighted by Crippen LogP contribution is 2.22. The molecule has 0 amide bonds. The first kappa shape index (κ1) is 16.0. The number of ether oxygens (including phenoxy) is 1. The number of benzene rings is 2. The second kappa shape index (κ2) is 7.57. The van der Waals surface area contributed by atoms with Crippen molar-refractivity contribution >= 4 is 15.9 Å². The maximum Gasteiger partial charge on any atom is 0.137 e. The average molecular weight is 353 g/mol. The van der Waals surface area contributed by atoms with Crippen molar-refractivity contribution in [2.75, 3.05) is 0 Å². The molecule has 2 nitrogen and oxygen atoms in total. The summed E-state index contributed by atoms with van der Waals surface area (Å²) in [5.74, 6) is 0.455. The lowest BCUT2D eigenvalue weighted by molar-refractivity contribution is 0.185. The fraction of sp³-hybridized carbons (Fsp3) is 0.294. The zero-order chi connectivity index (χ0) is 15.2. The average Bonchev–Trinajstić information content (AvgIpc) is 2.48. The van der Waals surface area contributed by atoms with E-state index in [-0.39, 0.29) is 11.9 Å². The molecule has 0 aliphatic rings. The van der Waals surface area contributed by atoms with Gasteiger partial charge in [-0.2, -0.15) is 0 Å². The molecule has 0 fully saturated rings. The van der Waals surface area contributed by atoms with Gasteiger partial charge in [-0.3, -0.25) is 0 Å². The predicted molar refractivity (Wildman–Crippen MR) is 84.9 cm³/mol. The maximum atomic E-state index is 13.4. The maximum absolute atomic E-state index is 13.4. The quantitative estimate of drug-likeness (QED) is 0.830. The predicted octanol–water partition coefficient (Wildman–Crippen LogP) is 4.48. The van der Waals surface area contributed by atoms with Crippen LogP contribution in [0.25, 0.3) is 0 Å². The van der Waals surface area contributed by atoms with E-state index in [2.05, 4.69) is 15.9 Å². The summed E-state index contributed by atoms with van der Waals surface area (Å²) in [4.78, 5) is 0. The van der Waals surface area contributed by atoms with Crippen molar-refractivity contribution in [3.63, 3.8) is 0 Å². The molecule has 2 aromatic carbocycles. The third-order valence-corrected chi connectivity index (χ3v) is 4.09. The SMILES string of the molecule is CC(O)CCc1ccc(OCc2cccc(F)c2Br)cc1. The van der Waals surface area contributed by atoms with Gasteiger partial charge in [-0.05, 0) is 59.5 Å². The number of aryl methyl sites for hydroxylation is 1. The molecule has 0 aliphatic heterocycles. The van der Waals surface area contributed by atoms with Crippen LogP contribution in [0.3, 0.4) is 0 Å². The van der Waals surface area contributed by atoms with Crippen LogP contribution in [0.4, 0.5) is 4.39 Å². The Kier molecular flexibility index (Phi) is 5.76. The molecule has 0 radical (unpaired) electrons. The van der Waals surface area contributed by atoms with Gasteiger partial charge in [-0.25, -0.2) is 4.39 Å². The van der Waals surface area contributed by atoms with E-state index in [4.69, 9.17) is 4.74 Å². The molecule has 0 aromatic heterocycles. The summed E-state index contributed by atoms with van der Waals surface area (Å²) < 4.78 is 19.5. The standard InChI is InChI=1S/C17H18BrFO2/c1-12(20)5-6-13-7-9-15(10-8-13)21-11-14-3-2-4-16(19)17(14)18/h2-4,7-10,12,20H,5-6,11H2,1H3. The highest BCUT2D eigenvalue weighted by atomic mass is 79.9. The minimum atomic E-state index is -0.287. The van der Waals surface area contributed by atoms with Gasteiger partial charge in [-0.15, -0.1) is 0 Å². The van der Waals surface area contributed by atoms with Gasteiger partial charge < -0.3 is 9.84 Å². The summed E-state index contributed by atoms with van der Waals surface area (Å²) in [7, 11) is 0. The van der Waals surface area contributed by atoms with Crippen LogP contribution in [-0.2, 0) is 13.0 Å². The van der Waals surface area contributed by atoms with Crippen molar-refractivity contribution in [1.82, 2.24) is 0 Å². The van der Waals surface area contributed by atoms with Crippen molar-refractivity contribution in [2.24, 2.45) is 0 Å². The Balaban J connectivity index is 1.93. The van der Waals surface area contributed by atoms with E-state index in [1.807, 2.05) is 30.3 Å². The van der Waals surface area contributed by atoms with E-state index in [1.165, 1.54) is 6.07 Å². The van der Waals surface area contributed by atoms with Crippen LogP contribution in [0.1, 0.15) is 24.5 Å². The number of hydrogen-bond donors (Lipinski definition) is 1. The smallest absolute Gasteiger partial charge is 0.137 e. The normalized spacial score (nSPS) is 12.2. The molecule has 0 bridgehead atoms. The first-order valence-corrected chi connectivity index (χ1v) is 7.68. The molecule has 4 heteroatoms. The second-order valence-electron chi connectivity index (χ2n) is 5.03. The van der Waals surface area contributed by atoms with E-state index in [0.717, 1.165) is 29.7 Å². The lowest BCUT2D eigenvalue weighted by Gasteiger charge is -2.09. The Morgan fingerprint density at radius 1 is 1.19 bits per heavy atom. The highest BCUT2D eigenvalue weighted by Gasteiger charge is 2.06. The third kappa shape index (κ3) is 4.83. The fourth-order valence-electron chi connectivity index (χ4n) is 1.95. The molecule has 21 heavy (non-hydrogen) atoms. The summed E-state index contributed by atoms with van der Waals surface area (Å²) in [5, 5.41) is 9.27. The minimum Gasteiger partial charge on any atom is -0.489 e. The van der Waals surface area contributed by atoms with Crippen LogP contribution in [-0.4, -0.2) is 11.2 Å². The number of aliphatic hydroxyl groups excluding tert-OH is 1. The first-order chi connectivity index (χ1) is 10.1. The largest absolute Gasteiger partial charge is 0.489 e. The lowest BCUT2D eigenvalue weighted by atomic mass is 10.1. The number of halogens is 2. The molecule has 1 N–H and O–H groups in total. The number of hydrogen-bond acceptors (Lipinski definition) is 2. The van der Waals surface area contributed by atoms with Crippen LogP contribution < -0.4 is 4.74 Å². The Hall–Kier alpha value is -1.39. The summed E-state index contributed by atoms with van der Waals surface area (Å²) in [6.45, 7) is 2.10. The highest BCUT2D eigenvalue weighted by molar-refractivity contribution is 9.10. The van der Waals surface area contributed by atoms with Crippen LogP contribution in [0, 0.1) is 5.82 Å². The zero-order valence-corrected chi connectivity index (χ0v) is 13.4. The first-order valence-electron chi connectivity index (χ1n) is 6.89. The monoisotopic (exact) mass is 352 g/mol. The molecular weight excluding hydrogens is 335 g/mol. The fourth-order valence-corrected chi connectivity index (χ4v) is 2.33. The second-order valence-corrected chi connectivity index (χ2v) is 5.83. The Morgan fingerprint density at radius 2 is 1.90 bits per heavy atom. The van der Waals surface area contributed by atoms with Gasteiger partial charge in [-0.1, -0.05) is 24.3 Å². The zero-order valence-electron chi connectivity index (χ0n) is 11.9. The van der Waals surface area contributed by atoms with Gasteiger partial charge in [0, 0.05) is 5.56 Å². The van der Waals surface area contributed by atoms with Gasteiger partial charge in [0.15, 0.2) is 0 Å². The molecule has 1 atom stereocenters.